The van der Waals surface area contributed by atoms with Gasteiger partial charge in [-0.05, 0) is 74.1 Å². The standard InChI is InChI=1S/C26H33N3O5S/c1-19-16-23(11-12-24(19)34-2)35(32,33)29-15-5-6-21(18-29)26(31)27-22-9-7-20(8-10-22)17-25(30)28-13-3-4-14-28/h7-12,16,21H,3-6,13-15,17-18H2,1-2H3,(H,27,31). The molecule has 9 heteroatoms. The number of carbonyl (C=O) groups excluding carboxylic acids is 2. The maximum Gasteiger partial charge on any atom is 0.243 e. The topological polar surface area (TPSA) is 96.0 Å². The van der Waals surface area contributed by atoms with E-state index in [1.807, 2.05) is 17.0 Å². The number of sulfonamides is 1. The smallest absolute Gasteiger partial charge is 0.243 e. The number of hydrogen-bond donors (Lipinski definition) is 1. The van der Waals surface area contributed by atoms with E-state index in [0.29, 0.717) is 37.2 Å². The van der Waals surface area contributed by atoms with Crippen LogP contribution in [0.2, 0.25) is 0 Å². The van der Waals surface area contributed by atoms with Crippen molar-refractivity contribution in [1.29, 1.82) is 0 Å². The third-order valence-electron chi connectivity index (χ3n) is 6.79. The summed E-state index contributed by atoms with van der Waals surface area (Å²) in [6.45, 7) is 3.99. The zero-order chi connectivity index (χ0) is 25.0. The van der Waals surface area contributed by atoms with Crippen LogP contribution in [0.25, 0.3) is 0 Å². The Morgan fingerprint density at radius 2 is 1.74 bits per heavy atom. The molecule has 2 aromatic rings. The molecule has 2 amide bonds. The first-order valence-electron chi connectivity index (χ1n) is 12.1. The number of anilines is 1. The van der Waals surface area contributed by atoms with Gasteiger partial charge in [-0.3, -0.25) is 9.59 Å². The minimum absolute atomic E-state index is 0.134. The van der Waals surface area contributed by atoms with Gasteiger partial charge in [0.25, 0.3) is 0 Å². The molecule has 2 saturated heterocycles. The van der Waals surface area contributed by atoms with Gasteiger partial charge < -0.3 is 15.0 Å². The Morgan fingerprint density at radius 3 is 2.40 bits per heavy atom. The number of amides is 2. The first-order valence-corrected chi connectivity index (χ1v) is 13.5. The van der Waals surface area contributed by atoms with Crippen molar-refractivity contribution in [2.24, 2.45) is 5.92 Å². The molecule has 0 aliphatic carbocycles. The lowest BCUT2D eigenvalue weighted by atomic mass is 9.98. The van der Waals surface area contributed by atoms with Crippen molar-refractivity contribution in [1.82, 2.24) is 9.21 Å². The Morgan fingerprint density at radius 1 is 1.03 bits per heavy atom. The first-order chi connectivity index (χ1) is 16.8. The minimum Gasteiger partial charge on any atom is -0.496 e. The third kappa shape index (κ3) is 5.85. The second kappa shape index (κ2) is 10.8. The highest BCUT2D eigenvalue weighted by atomic mass is 32.2. The zero-order valence-corrected chi connectivity index (χ0v) is 21.1. The molecule has 188 valence electrons. The molecule has 0 saturated carbocycles. The van der Waals surface area contributed by atoms with Crippen LogP contribution in [-0.2, 0) is 26.0 Å². The summed E-state index contributed by atoms with van der Waals surface area (Å²) in [6, 6.07) is 12.1. The highest BCUT2D eigenvalue weighted by molar-refractivity contribution is 7.89. The van der Waals surface area contributed by atoms with E-state index in [1.165, 1.54) is 4.31 Å². The van der Waals surface area contributed by atoms with Gasteiger partial charge in [-0.25, -0.2) is 8.42 Å². The van der Waals surface area contributed by atoms with Gasteiger partial charge in [-0.2, -0.15) is 4.31 Å². The molecular weight excluding hydrogens is 466 g/mol. The summed E-state index contributed by atoms with van der Waals surface area (Å²) in [5.74, 6) is 0.132. The number of likely N-dealkylation sites (tertiary alicyclic amines) is 1. The van der Waals surface area contributed by atoms with E-state index in [9.17, 15) is 18.0 Å². The monoisotopic (exact) mass is 499 g/mol. The van der Waals surface area contributed by atoms with E-state index in [1.54, 1.807) is 44.4 Å². The largest absolute Gasteiger partial charge is 0.496 e. The predicted octanol–water partition coefficient (Wildman–Crippen LogP) is 3.21. The third-order valence-corrected chi connectivity index (χ3v) is 8.66. The molecule has 1 atom stereocenters. The molecule has 0 radical (unpaired) electrons. The average molecular weight is 500 g/mol. The lowest BCUT2D eigenvalue weighted by Crippen LogP contribution is -2.43. The summed E-state index contributed by atoms with van der Waals surface area (Å²) in [6.07, 6.45) is 3.73. The van der Waals surface area contributed by atoms with Gasteiger partial charge >= 0.3 is 0 Å². The SMILES string of the molecule is COc1ccc(S(=O)(=O)N2CCCC(C(=O)Nc3ccc(CC(=O)N4CCCC4)cc3)C2)cc1C. The second-order valence-electron chi connectivity index (χ2n) is 9.28. The number of rotatable bonds is 7. The zero-order valence-electron chi connectivity index (χ0n) is 20.3. The van der Waals surface area contributed by atoms with Gasteiger partial charge in [0.15, 0.2) is 0 Å². The van der Waals surface area contributed by atoms with Crippen molar-refractivity contribution in [3.63, 3.8) is 0 Å². The van der Waals surface area contributed by atoms with E-state index >= 15 is 0 Å². The molecule has 2 aliphatic heterocycles. The Labute approximate surface area is 207 Å². The molecule has 2 fully saturated rings. The number of methoxy groups -OCH3 is 1. The van der Waals surface area contributed by atoms with Crippen molar-refractivity contribution < 1.29 is 22.7 Å². The lowest BCUT2D eigenvalue weighted by molar-refractivity contribution is -0.129. The molecule has 2 aliphatic rings. The summed E-state index contributed by atoms with van der Waals surface area (Å²) < 4.78 is 33.0. The molecule has 2 aromatic carbocycles. The molecule has 8 nitrogen and oxygen atoms in total. The lowest BCUT2D eigenvalue weighted by Gasteiger charge is -2.31. The molecule has 1 unspecified atom stereocenters. The normalized spacial score (nSPS) is 18.9. The van der Waals surface area contributed by atoms with Crippen LogP contribution >= 0.6 is 0 Å². The maximum absolute atomic E-state index is 13.2. The molecule has 0 bridgehead atoms. The van der Waals surface area contributed by atoms with Crippen molar-refractivity contribution in [3.05, 3.63) is 53.6 Å². The fraction of sp³-hybridized carbons (Fsp3) is 0.462. The highest BCUT2D eigenvalue weighted by Gasteiger charge is 2.33. The van der Waals surface area contributed by atoms with Crippen molar-refractivity contribution in [3.8, 4) is 5.75 Å². The quantitative estimate of drug-likeness (QED) is 0.631. The fourth-order valence-electron chi connectivity index (χ4n) is 4.74. The molecule has 0 aromatic heterocycles. The molecule has 1 N–H and O–H groups in total. The molecule has 2 heterocycles. The van der Waals surface area contributed by atoms with Crippen LogP contribution in [0.15, 0.2) is 47.4 Å². The van der Waals surface area contributed by atoms with Crippen LogP contribution < -0.4 is 10.1 Å². The van der Waals surface area contributed by atoms with Gasteiger partial charge in [0.2, 0.25) is 21.8 Å². The van der Waals surface area contributed by atoms with Crippen LogP contribution in [0.5, 0.6) is 5.75 Å². The highest BCUT2D eigenvalue weighted by Crippen LogP contribution is 2.28. The van der Waals surface area contributed by atoms with E-state index in [0.717, 1.165) is 37.1 Å². The van der Waals surface area contributed by atoms with Crippen molar-refractivity contribution in [2.75, 3.05) is 38.6 Å². The Hall–Kier alpha value is -2.91. The van der Waals surface area contributed by atoms with E-state index < -0.39 is 15.9 Å². The number of aryl methyl sites for hydroxylation is 1. The molecule has 4 rings (SSSR count). The predicted molar refractivity (Wildman–Crippen MR) is 134 cm³/mol. The Balaban J connectivity index is 1.36. The van der Waals surface area contributed by atoms with Crippen LogP contribution in [0, 0.1) is 12.8 Å². The van der Waals surface area contributed by atoms with Gasteiger partial charge in [-0.1, -0.05) is 12.1 Å². The van der Waals surface area contributed by atoms with Crippen LogP contribution in [0.4, 0.5) is 5.69 Å². The van der Waals surface area contributed by atoms with E-state index in [4.69, 9.17) is 4.74 Å². The van der Waals surface area contributed by atoms with E-state index in [-0.39, 0.29) is 23.3 Å². The van der Waals surface area contributed by atoms with Gasteiger partial charge in [0.05, 0.1) is 24.3 Å². The Bertz CT molecular complexity index is 1170. The second-order valence-corrected chi connectivity index (χ2v) is 11.2. The van der Waals surface area contributed by atoms with Gasteiger partial charge in [0.1, 0.15) is 5.75 Å². The number of nitrogens with zero attached hydrogens (tertiary/aromatic N) is 2. The number of benzene rings is 2. The summed E-state index contributed by atoms with van der Waals surface area (Å²) in [4.78, 5) is 27.4. The first kappa shape index (κ1) is 25.2. The fourth-order valence-corrected chi connectivity index (χ4v) is 6.35. The number of ether oxygens (including phenoxy) is 1. The van der Waals surface area contributed by atoms with Gasteiger partial charge in [0, 0.05) is 31.9 Å². The van der Waals surface area contributed by atoms with Crippen LogP contribution in [-0.4, -0.2) is 62.7 Å². The molecule has 35 heavy (non-hydrogen) atoms. The number of piperidine rings is 1. The summed E-state index contributed by atoms with van der Waals surface area (Å²) in [5, 5.41) is 2.91. The van der Waals surface area contributed by atoms with Gasteiger partial charge in [-0.15, -0.1) is 0 Å². The molecule has 0 spiro atoms. The average Bonchev–Trinajstić information content (AvgIpc) is 3.40. The number of carbonyl (C=O) groups is 2. The van der Waals surface area contributed by atoms with Crippen LogP contribution in [0.1, 0.15) is 36.8 Å². The summed E-state index contributed by atoms with van der Waals surface area (Å²) >= 11 is 0. The van der Waals surface area contributed by atoms with E-state index in [2.05, 4.69) is 5.32 Å². The van der Waals surface area contributed by atoms with Crippen LogP contribution in [0.3, 0.4) is 0 Å². The number of hydrogen-bond acceptors (Lipinski definition) is 5. The Kier molecular flexibility index (Phi) is 7.76. The maximum atomic E-state index is 13.2. The molecular formula is C26H33N3O5S. The summed E-state index contributed by atoms with van der Waals surface area (Å²) in [7, 11) is -2.16. The van der Waals surface area contributed by atoms with Crippen molar-refractivity contribution >= 4 is 27.5 Å². The minimum atomic E-state index is -3.71. The number of nitrogens with one attached hydrogen (secondary N) is 1. The van der Waals surface area contributed by atoms with Crippen molar-refractivity contribution in [2.45, 2.75) is 43.9 Å². The summed E-state index contributed by atoms with van der Waals surface area (Å²) in [5.41, 5.74) is 2.29.